The van der Waals surface area contributed by atoms with Gasteiger partial charge in [-0.3, -0.25) is 4.79 Å². The van der Waals surface area contributed by atoms with Crippen LogP contribution in [0.4, 0.5) is 0 Å². The van der Waals surface area contributed by atoms with Gasteiger partial charge in [-0.25, -0.2) is 0 Å². The van der Waals surface area contributed by atoms with Crippen LogP contribution in [0.3, 0.4) is 0 Å². The van der Waals surface area contributed by atoms with Gasteiger partial charge in [-0.1, -0.05) is 74.7 Å². The molecule has 0 aromatic carbocycles. The molecule has 0 aromatic heterocycles. The van der Waals surface area contributed by atoms with Gasteiger partial charge in [0.25, 0.3) is 0 Å². The lowest BCUT2D eigenvalue weighted by Crippen LogP contribution is -2.55. The lowest BCUT2D eigenvalue weighted by atomic mass is 9.62. The zero-order valence-electron chi connectivity index (χ0n) is 21.6. The first-order chi connectivity index (χ1) is 14.3. The van der Waals surface area contributed by atoms with E-state index < -0.39 is 11.8 Å². The van der Waals surface area contributed by atoms with Crippen LogP contribution in [0, 0.1) is 34.5 Å². The van der Waals surface area contributed by atoms with Crippen molar-refractivity contribution in [3.8, 4) is 0 Å². The Bertz CT molecular complexity index is 580. The number of aliphatic carboxylic acids is 1. The summed E-state index contributed by atoms with van der Waals surface area (Å²) in [7, 11) is 0. The minimum atomic E-state index is -0.687. The molecule has 4 nitrogen and oxygen atoms in total. The van der Waals surface area contributed by atoms with Crippen molar-refractivity contribution in [1.29, 1.82) is 0 Å². The van der Waals surface area contributed by atoms with Crippen molar-refractivity contribution >= 4 is 5.97 Å². The fourth-order valence-corrected chi connectivity index (χ4v) is 5.97. The maximum atomic E-state index is 11.0. The van der Waals surface area contributed by atoms with Crippen molar-refractivity contribution in [2.24, 2.45) is 34.5 Å². The summed E-state index contributed by atoms with van der Waals surface area (Å²) >= 11 is 0. The molecule has 0 radical (unpaired) electrons. The number of rotatable bonds is 9. The normalized spacial score (nSPS) is 32.7. The highest BCUT2D eigenvalue weighted by Crippen LogP contribution is 2.51. The molecule has 31 heavy (non-hydrogen) atoms. The Morgan fingerprint density at radius 1 is 1.13 bits per heavy atom. The lowest BCUT2D eigenvalue weighted by molar-refractivity contribution is -0.343. The molecule has 182 valence electrons. The van der Waals surface area contributed by atoms with Crippen LogP contribution in [-0.2, 0) is 14.3 Å². The number of hydrogen-bond donors (Lipinski definition) is 1. The highest BCUT2D eigenvalue weighted by atomic mass is 16.7. The minimum absolute atomic E-state index is 0.146. The predicted molar refractivity (Wildman–Crippen MR) is 127 cm³/mol. The summed E-state index contributed by atoms with van der Waals surface area (Å²) in [6, 6.07) is 0. The fourth-order valence-electron chi connectivity index (χ4n) is 5.97. The molecule has 2 fully saturated rings. The first-order valence-electron chi connectivity index (χ1n) is 12.8. The number of carbonyl (C=O) groups is 1. The van der Waals surface area contributed by atoms with E-state index in [2.05, 4.69) is 55.4 Å². The van der Waals surface area contributed by atoms with Gasteiger partial charge >= 0.3 is 5.97 Å². The van der Waals surface area contributed by atoms with E-state index in [0.29, 0.717) is 17.8 Å². The molecule has 1 spiro atoms. The summed E-state index contributed by atoms with van der Waals surface area (Å²) in [5.74, 6) is 0.843. The van der Waals surface area contributed by atoms with Crippen molar-refractivity contribution in [1.82, 2.24) is 0 Å². The Kier molecular flexibility index (Phi) is 9.06. The van der Waals surface area contributed by atoms with Crippen LogP contribution in [0.2, 0.25) is 0 Å². The van der Waals surface area contributed by atoms with Crippen molar-refractivity contribution in [3.05, 3.63) is 0 Å². The molecular weight excluding hydrogens is 388 g/mol. The lowest BCUT2D eigenvalue weighted by Gasteiger charge is -2.53. The molecule has 1 heterocycles. The van der Waals surface area contributed by atoms with E-state index in [4.69, 9.17) is 14.6 Å². The summed E-state index contributed by atoms with van der Waals surface area (Å²) < 4.78 is 13.4. The van der Waals surface area contributed by atoms with Crippen molar-refractivity contribution in [2.45, 2.75) is 125 Å². The molecule has 1 aliphatic heterocycles. The molecule has 1 saturated heterocycles. The van der Waals surface area contributed by atoms with E-state index in [1.54, 1.807) is 0 Å². The molecule has 1 aliphatic carbocycles. The zero-order chi connectivity index (χ0) is 23.4. The molecule has 0 aromatic rings. The zero-order valence-corrected chi connectivity index (χ0v) is 21.6. The smallest absolute Gasteiger partial charge is 0.303 e. The molecule has 6 atom stereocenters. The maximum absolute atomic E-state index is 11.0. The Labute approximate surface area is 191 Å². The summed E-state index contributed by atoms with van der Waals surface area (Å²) in [5, 5.41) is 9.06. The standard InChI is InChI=1S/C27H50O4/c1-19(2)23-12-11-21(4)17-27(23)30-15-13-22(31-27)18-26(8,25(5,6)7)14-9-10-20(3)16-24(28)29/h19-23H,9-18H2,1-8H3,(H,28,29)/t20-,21-,22+,23+,26+,27+/m1/s1. The van der Waals surface area contributed by atoms with Crippen LogP contribution in [0.1, 0.15) is 113 Å². The molecule has 1 N–H and O–H groups in total. The molecule has 4 heteroatoms. The predicted octanol–water partition coefficient (Wildman–Crippen LogP) is 7.30. The van der Waals surface area contributed by atoms with E-state index in [9.17, 15) is 4.79 Å². The minimum Gasteiger partial charge on any atom is -0.481 e. The molecular formula is C27H50O4. The maximum Gasteiger partial charge on any atom is 0.303 e. The first kappa shape index (κ1) is 26.6. The first-order valence-corrected chi connectivity index (χ1v) is 12.8. The monoisotopic (exact) mass is 438 g/mol. The summed E-state index contributed by atoms with van der Waals surface area (Å²) in [6.07, 6.45) is 9.18. The van der Waals surface area contributed by atoms with Crippen LogP contribution in [-0.4, -0.2) is 29.6 Å². The fraction of sp³-hybridized carbons (Fsp3) is 0.963. The van der Waals surface area contributed by atoms with Gasteiger partial charge in [0.05, 0.1) is 12.7 Å². The van der Waals surface area contributed by atoms with Crippen LogP contribution < -0.4 is 0 Å². The second-order valence-corrected chi connectivity index (χ2v) is 12.5. The summed E-state index contributed by atoms with van der Waals surface area (Å²) in [4.78, 5) is 11.0. The quantitative estimate of drug-likeness (QED) is 0.410. The van der Waals surface area contributed by atoms with E-state index >= 15 is 0 Å². The van der Waals surface area contributed by atoms with Crippen LogP contribution in [0.5, 0.6) is 0 Å². The van der Waals surface area contributed by atoms with Gasteiger partial charge in [0.2, 0.25) is 0 Å². The molecule has 2 rings (SSSR count). The number of carboxylic acid groups (broad SMARTS) is 1. The van der Waals surface area contributed by atoms with Gasteiger partial charge < -0.3 is 14.6 Å². The Morgan fingerprint density at radius 3 is 2.39 bits per heavy atom. The third-order valence-corrected chi connectivity index (χ3v) is 8.56. The Hall–Kier alpha value is -0.610. The average Bonchev–Trinajstić information content (AvgIpc) is 2.59. The third-order valence-electron chi connectivity index (χ3n) is 8.56. The Morgan fingerprint density at radius 2 is 1.81 bits per heavy atom. The van der Waals surface area contributed by atoms with Crippen LogP contribution in [0.15, 0.2) is 0 Å². The van der Waals surface area contributed by atoms with Crippen molar-refractivity contribution in [2.75, 3.05) is 6.61 Å². The summed E-state index contributed by atoms with van der Waals surface area (Å²) in [5.41, 5.74) is 0.307. The van der Waals surface area contributed by atoms with E-state index in [-0.39, 0.29) is 29.3 Å². The largest absolute Gasteiger partial charge is 0.481 e. The molecule has 0 amide bonds. The average molecular weight is 439 g/mol. The van der Waals surface area contributed by atoms with Crippen molar-refractivity contribution in [3.63, 3.8) is 0 Å². The molecule has 0 unspecified atom stereocenters. The molecule has 0 bridgehead atoms. The number of hydrogen-bond acceptors (Lipinski definition) is 3. The SMILES string of the molecule is CC(C)[C@@H]1CC[C@@H](C)C[C@@]12OCC[C@@H](C[C@](C)(CCC[C@@H](C)CC(=O)O)C(C)(C)C)O2. The van der Waals surface area contributed by atoms with Gasteiger partial charge in [-0.15, -0.1) is 0 Å². The topological polar surface area (TPSA) is 55.8 Å². The Balaban J connectivity index is 2.09. The molecule has 1 saturated carbocycles. The van der Waals surface area contributed by atoms with Crippen LogP contribution >= 0.6 is 0 Å². The van der Waals surface area contributed by atoms with Gasteiger partial charge in [0.1, 0.15) is 0 Å². The molecule has 2 aliphatic rings. The van der Waals surface area contributed by atoms with Gasteiger partial charge in [-0.05, 0) is 54.3 Å². The number of ether oxygens (including phenoxy) is 2. The summed E-state index contributed by atoms with van der Waals surface area (Å²) in [6.45, 7) is 19.3. The van der Waals surface area contributed by atoms with Crippen molar-refractivity contribution < 1.29 is 19.4 Å². The van der Waals surface area contributed by atoms with E-state index in [1.165, 1.54) is 12.8 Å². The third kappa shape index (κ3) is 6.93. The second kappa shape index (κ2) is 10.5. The highest BCUT2D eigenvalue weighted by Gasteiger charge is 2.51. The van der Waals surface area contributed by atoms with Gasteiger partial charge in [0, 0.05) is 18.8 Å². The van der Waals surface area contributed by atoms with Gasteiger partial charge in [0.15, 0.2) is 5.79 Å². The second-order valence-electron chi connectivity index (χ2n) is 12.5. The van der Waals surface area contributed by atoms with Gasteiger partial charge in [-0.2, -0.15) is 0 Å². The highest BCUT2D eigenvalue weighted by molar-refractivity contribution is 5.66. The van der Waals surface area contributed by atoms with E-state index in [1.807, 2.05) is 0 Å². The van der Waals surface area contributed by atoms with E-state index in [0.717, 1.165) is 45.1 Å². The number of carboxylic acids is 1. The van der Waals surface area contributed by atoms with Crippen LogP contribution in [0.25, 0.3) is 0 Å².